The predicted molar refractivity (Wildman–Crippen MR) is 100 cm³/mol. The Morgan fingerprint density at radius 3 is 2.03 bits per heavy atom. The Morgan fingerprint density at radius 1 is 1.03 bits per heavy atom. The predicted octanol–water partition coefficient (Wildman–Crippen LogP) is 4.89. The highest BCUT2D eigenvalue weighted by molar-refractivity contribution is 7.87. The molecule has 0 aliphatic heterocycles. The number of alkyl halides is 5. The molecule has 0 spiro atoms. The maximum Gasteiger partial charge on any atom is 0.394 e. The van der Waals surface area contributed by atoms with Gasteiger partial charge >= 0.3 is 6.18 Å². The summed E-state index contributed by atoms with van der Waals surface area (Å²) in [5, 5.41) is 2.58. The zero-order chi connectivity index (χ0) is 22.0. The van der Waals surface area contributed by atoms with Crippen LogP contribution in [0.15, 0.2) is 18.2 Å². The largest absolute Gasteiger partial charge is 0.394 e. The molecule has 3 aliphatic rings. The summed E-state index contributed by atoms with van der Waals surface area (Å²) in [6, 6.07) is 3.35. The van der Waals surface area contributed by atoms with Gasteiger partial charge in [-0.25, -0.2) is 13.0 Å². The Hall–Kier alpha value is -1.71. The molecule has 2 N–H and O–H groups in total. The topological polar surface area (TPSA) is 58.2 Å². The molecule has 0 saturated heterocycles. The molecule has 4 nitrogen and oxygen atoms in total. The lowest BCUT2D eigenvalue weighted by Gasteiger charge is -2.70. The van der Waals surface area contributed by atoms with E-state index >= 15 is 0 Å². The third-order valence-electron chi connectivity index (χ3n) is 5.54. The molecular weight excluding hydrogens is 415 g/mol. The lowest BCUT2D eigenvalue weighted by Crippen LogP contribution is -2.78. The first-order valence-electron chi connectivity index (χ1n) is 9.08. The highest BCUT2D eigenvalue weighted by Crippen LogP contribution is 2.73. The normalized spacial score (nSPS) is 27.5. The summed E-state index contributed by atoms with van der Waals surface area (Å²) >= 11 is 0. The molecule has 3 aliphatic carbocycles. The van der Waals surface area contributed by atoms with Crippen LogP contribution in [0.5, 0.6) is 0 Å². The highest BCUT2D eigenvalue weighted by atomic mass is 32.2. The fourth-order valence-corrected chi connectivity index (χ4v) is 4.56. The summed E-state index contributed by atoms with van der Waals surface area (Å²) in [5.74, 6) is -3.98. The second-order valence-electron chi connectivity index (χ2n) is 9.17. The van der Waals surface area contributed by atoms with Gasteiger partial charge in [-0.15, -0.1) is 0 Å². The van der Waals surface area contributed by atoms with E-state index in [0.717, 1.165) is 12.1 Å². The Balaban J connectivity index is 1.84. The average molecular weight is 438 g/mol. The lowest BCUT2D eigenvalue weighted by molar-refractivity contribution is -0.336. The van der Waals surface area contributed by atoms with Crippen LogP contribution < -0.4 is 10.0 Å². The quantitative estimate of drug-likeness (QED) is 0.644. The fourth-order valence-electron chi connectivity index (χ4n) is 3.88. The summed E-state index contributed by atoms with van der Waals surface area (Å²) in [4.78, 5) is 12.8. The number of halogens is 5. The second-order valence-corrected chi connectivity index (χ2v) is 11.1. The van der Waals surface area contributed by atoms with Gasteiger partial charge in [0, 0.05) is 18.0 Å². The van der Waals surface area contributed by atoms with E-state index < -0.39 is 50.3 Å². The molecular formula is C19H23F5N2O2S. The maximum absolute atomic E-state index is 13.7. The maximum atomic E-state index is 13.7. The minimum Gasteiger partial charge on any atom is -0.346 e. The Kier molecular flexibility index (Phi) is 4.85. The molecule has 162 valence electrons. The van der Waals surface area contributed by atoms with E-state index in [1.165, 1.54) is 6.07 Å². The van der Waals surface area contributed by atoms with Crippen LogP contribution >= 0.6 is 0 Å². The fraction of sp³-hybridized carbons (Fsp3) is 0.632. The Labute approximate surface area is 168 Å². The molecule has 1 amide bonds. The van der Waals surface area contributed by atoms with E-state index in [2.05, 4.69) is 10.0 Å². The van der Waals surface area contributed by atoms with E-state index in [0.29, 0.717) is 6.92 Å². The van der Waals surface area contributed by atoms with Crippen molar-refractivity contribution in [3.63, 3.8) is 0 Å². The van der Waals surface area contributed by atoms with Crippen LogP contribution in [0.3, 0.4) is 0 Å². The van der Waals surface area contributed by atoms with Gasteiger partial charge in [-0.05, 0) is 52.2 Å². The summed E-state index contributed by atoms with van der Waals surface area (Å²) < 4.78 is 80.9. The zero-order valence-electron chi connectivity index (χ0n) is 16.5. The van der Waals surface area contributed by atoms with Crippen molar-refractivity contribution in [3.8, 4) is 0 Å². The van der Waals surface area contributed by atoms with Crippen LogP contribution in [0.2, 0.25) is 0 Å². The third kappa shape index (κ3) is 3.87. The summed E-state index contributed by atoms with van der Waals surface area (Å²) in [5.41, 5.74) is -3.21. The van der Waals surface area contributed by atoms with Gasteiger partial charge in [0.25, 0.3) is 11.8 Å². The molecule has 1 unspecified atom stereocenters. The van der Waals surface area contributed by atoms with E-state index in [4.69, 9.17) is 0 Å². The van der Waals surface area contributed by atoms with Gasteiger partial charge < -0.3 is 10.0 Å². The van der Waals surface area contributed by atoms with Crippen LogP contribution in [-0.2, 0) is 16.9 Å². The molecule has 0 aromatic heterocycles. The number of rotatable bonds is 5. The molecule has 1 aromatic rings. The lowest BCUT2D eigenvalue weighted by atomic mass is 9.39. The van der Waals surface area contributed by atoms with Crippen molar-refractivity contribution in [3.05, 3.63) is 29.3 Å². The van der Waals surface area contributed by atoms with Gasteiger partial charge in [-0.2, -0.15) is 13.2 Å². The van der Waals surface area contributed by atoms with Crippen LogP contribution in [0, 0.1) is 5.41 Å². The molecule has 0 radical (unpaired) electrons. The smallest absolute Gasteiger partial charge is 0.346 e. The third-order valence-corrected chi connectivity index (χ3v) is 7.06. The van der Waals surface area contributed by atoms with E-state index in [9.17, 15) is 31.0 Å². The van der Waals surface area contributed by atoms with Crippen LogP contribution in [0.4, 0.5) is 27.6 Å². The SMILES string of the molecule is CC(F)(F)c1ccc(NS(=O)C(C)(C)C)c(C(=O)NC23CC(C(F)(F)F)(C2)C3)c1. The molecule has 3 saturated carbocycles. The number of hydrogen-bond acceptors (Lipinski definition) is 2. The first-order chi connectivity index (χ1) is 13.0. The van der Waals surface area contributed by atoms with Crippen LogP contribution in [0.1, 0.15) is 62.9 Å². The standard InChI is InChI=1S/C19H23F5N2O2S/c1-15(2,3)29(28)26-13-6-5-11(16(4,20)21)7-12(13)14(27)25-18-8-17(9-18,10-18)19(22,23)24/h5-7,26H,8-10H2,1-4H3,(H,25,27). The van der Waals surface area contributed by atoms with E-state index in [1.54, 1.807) is 20.8 Å². The minimum atomic E-state index is -4.32. The van der Waals surface area contributed by atoms with Crippen molar-refractivity contribution in [2.24, 2.45) is 5.41 Å². The number of nitrogens with one attached hydrogen (secondary N) is 2. The summed E-state index contributed by atoms with van der Waals surface area (Å²) in [7, 11) is -1.63. The highest BCUT2D eigenvalue weighted by Gasteiger charge is 2.79. The molecule has 0 heterocycles. The Bertz CT molecular complexity index is 851. The average Bonchev–Trinajstić information content (AvgIpc) is 2.46. The van der Waals surface area contributed by atoms with E-state index in [1.807, 2.05) is 0 Å². The second kappa shape index (κ2) is 6.39. The van der Waals surface area contributed by atoms with Gasteiger partial charge in [0.2, 0.25) is 0 Å². The van der Waals surface area contributed by atoms with Crippen LogP contribution in [0.25, 0.3) is 0 Å². The van der Waals surface area contributed by atoms with E-state index in [-0.39, 0.29) is 30.5 Å². The molecule has 29 heavy (non-hydrogen) atoms. The van der Waals surface area contributed by atoms with Crippen LogP contribution in [-0.4, -0.2) is 26.6 Å². The van der Waals surface area contributed by atoms with Gasteiger partial charge in [0.05, 0.1) is 21.4 Å². The molecule has 2 bridgehead atoms. The van der Waals surface area contributed by atoms with Gasteiger partial charge in [-0.1, -0.05) is 6.07 Å². The van der Waals surface area contributed by atoms with Gasteiger partial charge in [0.15, 0.2) is 0 Å². The Morgan fingerprint density at radius 2 is 1.59 bits per heavy atom. The molecule has 10 heteroatoms. The molecule has 1 atom stereocenters. The minimum absolute atomic E-state index is 0.0842. The monoisotopic (exact) mass is 438 g/mol. The summed E-state index contributed by atoms with van der Waals surface area (Å²) in [6.45, 7) is 5.77. The first-order valence-corrected chi connectivity index (χ1v) is 10.2. The number of carbonyl (C=O) groups excluding carboxylic acids is 1. The van der Waals surface area contributed by atoms with Gasteiger partial charge in [-0.3, -0.25) is 4.79 Å². The van der Waals surface area contributed by atoms with Crippen molar-refractivity contribution >= 4 is 22.6 Å². The van der Waals surface area contributed by atoms with Crippen molar-refractivity contribution < 1.29 is 31.0 Å². The van der Waals surface area contributed by atoms with Crippen molar-refractivity contribution in [2.45, 2.75) is 69.3 Å². The van der Waals surface area contributed by atoms with Crippen molar-refractivity contribution in [1.82, 2.24) is 5.32 Å². The number of carbonyl (C=O) groups is 1. The number of hydrogen-bond donors (Lipinski definition) is 2. The van der Waals surface area contributed by atoms with Crippen molar-refractivity contribution in [2.75, 3.05) is 4.72 Å². The van der Waals surface area contributed by atoms with Crippen molar-refractivity contribution in [1.29, 1.82) is 0 Å². The molecule has 3 fully saturated rings. The number of benzene rings is 1. The number of anilines is 1. The molecule has 4 rings (SSSR count). The summed E-state index contributed by atoms with van der Waals surface area (Å²) in [6.07, 6.45) is -4.96. The molecule has 1 aromatic carbocycles. The number of amides is 1. The zero-order valence-corrected chi connectivity index (χ0v) is 17.3. The first kappa shape index (κ1) is 22.0. The van der Waals surface area contributed by atoms with Gasteiger partial charge in [0.1, 0.15) is 11.0 Å².